The molecule has 1 aromatic heterocycles. The van der Waals surface area contributed by atoms with Gasteiger partial charge >= 0.3 is 5.97 Å². The minimum absolute atomic E-state index is 0.217. The molecule has 3 fully saturated rings. The quantitative estimate of drug-likeness (QED) is 0.599. The highest BCUT2D eigenvalue weighted by molar-refractivity contribution is 6.08. The van der Waals surface area contributed by atoms with Crippen molar-refractivity contribution in [3.63, 3.8) is 0 Å². The number of amides is 3. The maximum absolute atomic E-state index is 12.7. The van der Waals surface area contributed by atoms with Crippen LogP contribution in [0.5, 0.6) is 0 Å². The lowest BCUT2D eigenvalue weighted by Crippen LogP contribution is -2.45. The van der Waals surface area contributed by atoms with Crippen molar-refractivity contribution in [1.82, 2.24) is 10.1 Å². The van der Waals surface area contributed by atoms with Crippen LogP contribution in [0.4, 0.5) is 5.82 Å². The second-order valence-corrected chi connectivity index (χ2v) is 7.59. The van der Waals surface area contributed by atoms with Crippen molar-refractivity contribution >= 4 is 29.5 Å². The number of hydrogen-bond acceptors (Lipinski definition) is 7. The molecular formula is C18H21N3O6. The molecule has 0 radical (unpaired) electrons. The van der Waals surface area contributed by atoms with Crippen LogP contribution in [-0.4, -0.2) is 46.4 Å². The zero-order valence-corrected chi connectivity index (χ0v) is 15.1. The number of hydrogen-bond donors (Lipinski definition) is 1. The summed E-state index contributed by atoms with van der Waals surface area (Å²) in [7, 11) is 0. The summed E-state index contributed by atoms with van der Waals surface area (Å²) in [5.41, 5.74) is 0. The van der Waals surface area contributed by atoms with Gasteiger partial charge in [-0.25, -0.2) is 4.79 Å². The summed E-state index contributed by atoms with van der Waals surface area (Å²) >= 11 is 0. The molecule has 1 saturated heterocycles. The first-order chi connectivity index (χ1) is 12.9. The highest BCUT2D eigenvalue weighted by Gasteiger charge is 2.62. The third-order valence-corrected chi connectivity index (χ3v) is 5.93. The van der Waals surface area contributed by atoms with Crippen LogP contribution in [0.3, 0.4) is 0 Å². The number of ether oxygens (including phenoxy) is 1. The molecule has 3 aliphatic rings. The second-order valence-electron chi connectivity index (χ2n) is 7.59. The topological polar surface area (TPSA) is 119 Å². The number of imide groups is 1. The van der Waals surface area contributed by atoms with Crippen molar-refractivity contribution in [1.29, 1.82) is 0 Å². The van der Waals surface area contributed by atoms with Crippen LogP contribution >= 0.6 is 0 Å². The molecule has 1 aliphatic heterocycles. The van der Waals surface area contributed by atoms with Crippen molar-refractivity contribution < 1.29 is 28.4 Å². The van der Waals surface area contributed by atoms with Gasteiger partial charge in [-0.1, -0.05) is 5.16 Å². The first-order valence-electron chi connectivity index (χ1n) is 9.13. The Morgan fingerprint density at radius 2 is 1.93 bits per heavy atom. The SMILES string of the molecule is Cc1cc(NC(=O)COC(=O)[C@H](C)N2C(=O)[C@@H]3[C@@H]4CC[C@@H](C4)[C@@H]3C2=O)no1. The maximum Gasteiger partial charge on any atom is 0.329 e. The smallest absolute Gasteiger partial charge is 0.329 e. The van der Waals surface area contributed by atoms with Crippen molar-refractivity contribution in [2.75, 3.05) is 11.9 Å². The van der Waals surface area contributed by atoms with Crippen LogP contribution < -0.4 is 5.32 Å². The summed E-state index contributed by atoms with van der Waals surface area (Å²) in [6.07, 6.45) is 2.87. The molecule has 2 saturated carbocycles. The monoisotopic (exact) mass is 375 g/mol. The lowest BCUT2D eigenvalue weighted by molar-refractivity contribution is -0.159. The van der Waals surface area contributed by atoms with Crippen LogP contribution in [0.25, 0.3) is 0 Å². The summed E-state index contributed by atoms with van der Waals surface area (Å²) in [6, 6.07) is 0.480. The fourth-order valence-electron chi connectivity index (χ4n) is 4.78. The number of nitrogens with one attached hydrogen (secondary N) is 1. The molecule has 2 bridgehead atoms. The Labute approximate surface area is 155 Å². The first-order valence-corrected chi connectivity index (χ1v) is 9.13. The van der Waals surface area contributed by atoms with Crippen molar-refractivity contribution in [2.45, 2.75) is 39.2 Å². The van der Waals surface area contributed by atoms with Crippen molar-refractivity contribution in [2.24, 2.45) is 23.7 Å². The second kappa shape index (κ2) is 6.47. The summed E-state index contributed by atoms with van der Waals surface area (Å²) in [4.78, 5) is 50.6. The van der Waals surface area contributed by atoms with E-state index in [0.717, 1.165) is 24.2 Å². The first kappa shape index (κ1) is 17.7. The molecule has 1 aromatic rings. The summed E-state index contributed by atoms with van der Waals surface area (Å²) < 4.78 is 9.81. The summed E-state index contributed by atoms with van der Waals surface area (Å²) in [5, 5.41) is 6.04. The number of anilines is 1. The van der Waals surface area contributed by atoms with Gasteiger partial charge in [0.05, 0.1) is 11.8 Å². The highest BCUT2D eigenvalue weighted by Crippen LogP contribution is 2.56. The van der Waals surface area contributed by atoms with Crippen molar-refractivity contribution in [3.8, 4) is 0 Å². The van der Waals surface area contributed by atoms with Crippen molar-refractivity contribution in [3.05, 3.63) is 11.8 Å². The molecule has 5 atom stereocenters. The molecule has 9 heteroatoms. The summed E-state index contributed by atoms with van der Waals surface area (Å²) in [6.45, 7) is 2.60. The van der Waals surface area contributed by atoms with E-state index >= 15 is 0 Å². The molecule has 0 aromatic carbocycles. The van der Waals surface area contributed by atoms with Crippen LogP contribution in [0.15, 0.2) is 10.6 Å². The molecule has 2 aliphatic carbocycles. The molecule has 1 N–H and O–H groups in total. The molecular weight excluding hydrogens is 354 g/mol. The fourth-order valence-corrected chi connectivity index (χ4v) is 4.78. The van der Waals surface area contributed by atoms with E-state index in [4.69, 9.17) is 9.26 Å². The zero-order chi connectivity index (χ0) is 19.3. The Morgan fingerprint density at radius 3 is 2.48 bits per heavy atom. The minimum atomic E-state index is -1.04. The van der Waals surface area contributed by atoms with E-state index in [0.29, 0.717) is 5.76 Å². The fraction of sp³-hybridized carbons (Fsp3) is 0.611. The van der Waals surface area contributed by atoms with Crippen LogP contribution in [0.2, 0.25) is 0 Å². The van der Waals surface area contributed by atoms with Crippen LogP contribution in [0, 0.1) is 30.6 Å². The third kappa shape index (κ3) is 2.90. The molecule has 3 amide bonds. The predicted octanol–water partition coefficient (Wildman–Crippen LogP) is 0.884. The van der Waals surface area contributed by atoms with Gasteiger partial charge in [0.25, 0.3) is 5.91 Å². The maximum atomic E-state index is 12.7. The average molecular weight is 375 g/mol. The number of likely N-dealkylation sites (tertiary alicyclic amines) is 1. The van der Waals surface area contributed by atoms with E-state index in [-0.39, 0.29) is 41.3 Å². The predicted molar refractivity (Wildman–Crippen MR) is 90.0 cm³/mol. The average Bonchev–Trinajstić information content (AvgIpc) is 3.38. The number of carbonyl (C=O) groups excluding carboxylic acids is 4. The molecule has 27 heavy (non-hydrogen) atoms. The van der Waals surface area contributed by atoms with E-state index in [1.165, 1.54) is 13.0 Å². The molecule has 0 spiro atoms. The Kier molecular flexibility index (Phi) is 4.24. The Morgan fingerprint density at radius 1 is 1.30 bits per heavy atom. The van der Waals surface area contributed by atoms with Gasteiger partial charge in [-0.3, -0.25) is 19.3 Å². The van der Waals surface area contributed by atoms with Gasteiger partial charge in [-0.2, -0.15) is 0 Å². The molecule has 144 valence electrons. The standard InChI is InChI=1S/C18H21N3O6/c1-8-5-12(20-27-8)19-13(22)7-26-18(25)9(2)21-16(23)14-10-3-4-11(6-10)15(14)17(21)24/h5,9-11,14-15H,3-4,6-7H2,1-2H3,(H,19,20,22)/t9-,10-,11+,14-,15+/m0/s1. The molecule has 2 heterocycles. The van der Waals surface area contributed by atoms with E-state index in [9.17, 15) is 19.2 Å². The number of aromatic nitrogens is 1. The van der Waals surface area contributed by atoms with E-state index in [1.54, 1.807) is 6.92 Å². The number of aryl methyl sites for hydroxylation is 1. The highest BCUT2D eigenvalue weighted by atomic mass is 16.5. The van der Waals surface area contributed by atoms with Gasteiger partial charge in [-0.05, 0) is 44.9 Å². The van der Waals surface area contributed by atoms with E-state index in [2.05, 4.69) is 10.5 Å². The zero-order valence-electron chi connectivity index (χ0n) is 15.1. The number of nitrogens with zero attached hydrogens (tertiary/aromatic N) is 2. The number of carbonyl (C=O) groups is 4. The Hall–Kier alpha value is -2.71. The minimum Gasteiger partial charge on any atom is -0.454 e. The number of esters is 1. The lowest BCUT2D eigenvalue weighted by Gasteiger charge is -2.22. The number of fused-ring (bicyclic) bond motifs is 5. The van der Waals surface area contributed by atoms with Gasteiger partial charge in [-0.15, -0.1) is 0 Å². The van der Waals surface area contributed by atoms with Gasteiger partial charge in [0.1, 0.15) is 11.8 Å². The molecule has 0 unspecified atom stereocenters. The Balaban J connectivity index is 1.34. The Bertz CT molecular complexity index is 790. The van der Waals surface area contributed by atoms with E-state index in [1.807, 2.05) is 0 Å². The van der Waals surface area contributed by atoms with Gasteiger partial charge in [0.15, 0.2) is 12.4 Å². The third-order valence-electron chi connectivity index (χ3n) is 5.93. The van der Waals surface area contributed by atoms with Crippen LogP contribution in [0.1, 0.15) is 31.9 Å². The summed E-state index contributed by atoms with van der Waals surface area (Å²) in [5.74, 6) is -1.24. The molecule has 9 nitrogen and oxygen atoms in total. The molecule has 4 rings (SSSR count). The largest absolute Gasteiger partial charge is 0.454 e. The lowest BCUT2D eigenvalue weighted by atomic mass is 9.81. The van der Waals surface area contributed by atoms with Gasteiger partial charge in [0, 0.05) is 6.07 Å². The number of rotatable bonds is 5. The van der Waals surface area contributed by atoms with E-state index < -0.39 is 24.5 Å². The normalized spacial score (nSPS) is 29.8. The van der Waals surface area contributed by atoms with Gasteiger partial charge < -0.3 is 14.6 Å². The van der Waals surface area contributed by atoms with Crippen LogP contribution in [-0.2, 0) is 23.9 Å². The van der Waals surface area contributed by atoms with Gasteiger partial charge in [0.2, 0.25) is 11.8 Å².